The van der Waals surface area contributed by atoms with Crippen molar-refractivity contribution in [3.63, 3.8) is 0 Å². The summed E-state index contributed by atoms with van der Waals surface area (Å²) in [6.07, 6.45) is -1.67. The molecular weight excluding hydrogens is 305 g/mol. The average molecular weight is 328 g/mol. The Morgan fingerprint density at radius 3 is 2.13 bits per heavy atom. The maximum atomic E-state index is 12.7. The van der Waals surface area contributed by atoms with Crippen molar-refractivity contribution >= 4 is 11.4 Å². The Morgan fingerprint density at radius 2 is 1.57 bits per heavy atom. The maximum Gasteiger partial charge on any atom is 0.391 e. The molecule has 1 N–H and O–H groups in total. The molecule has 2 heterocycles. The van der Waals surface area contributed by atoms with Crippen molar-refractivity contribution in [3.05, 3.63) is 24.3 Å². The van der Waals surface area contributed by atoms with Gasteiger partial charge in [-0.25, -0.2) is 0 Å². The molecule has 23 heavy (non-hydrogen) atoms. The Kier molecular flexibility index (Phi) is 4.99. The summed E-state index contributed by atoms with van der Waals surface area (Å²) in [7, 11) is 0. The lowest BCUT2D eigenvalue weighted by molar-refractivity contribution is -0.179. The van der Waals surface area contributed by atoms with Gasteiger partial charge in [0.1, 0.15) is 0 Å². The minimum Gasteiger partial charge on any atom is -0.382 e. The summed E-state index contributed by atoms with van der Waals surface area (Å²) in [4.78, 5) is 2.04. The number of ether oxygens (including phenoxy) is 1. The molecule has 0 unspecified atom stereocenters. The van der Waals surface area contributed by atoms with Crippen LogP contribution in [0.15, 0.2) is 24.3 Å². The third-order valence-corrected chi connectivity index (χ3v) is 4.78. The number of nitrogens with zero attached hydrogens (tertiary/aromatic N) is 1. The molecule has 2 aliphatic heterocycles. The fourth-order valence-electron chi connectivity index (χ4n) is 3.31. The molecular formula is C17H23F3N2O. The highest BCUT2D eigenvalue weighted by Gasteiger charge is 2.41. The number of nitrogens with one attached hydrogen (secondary N) is 1. The highest BCUT2D eigenvalue weighted by atomic mass is 19.4. The summed E-state index contributed by atoms with van der Waals surface area (Å²) in [5.41, 5.74) is 2.06. The van der Waals surface area contributed by atoms with Crippen LogP contribution in [0.25, 0.3) is 0 Å². The van der Waals surface area contributed by atoms with E-state index in [-0.39, 0.29) is 12.8 Å². The first-order chi connectivity index (χ1) is 11.0. The van der Waals surface area contributed by atoms with Gasteiger partial charge >= 0.3 is 6.18 Å². The number of alkyl halides is 3. The number of anilines is 2. The Labute approximate surface area is 134 Å². The van der Waals surface area contributed by atoms with Crippen molar-refractivity contribution in [3.8, 4) is 0 Å². The molecule has 0 aromatic heterocycles. The van der Waals surface area contributed by atoms with E-state index in [0.29, 0.717) is 19.1 Å². The molecule has 0 spiro atoms. The molecule has 2 saturated heterocycles. The van der Waals surface area contributed by atoms with Crippen LogP contribution in [0.1, 0.15) is 25.7 Å². The zero-order valence-electron chi connectivity index (χ0n) is 13.1. The fraction of sp³-hybridized carbons (Fsp3) is 0.647. The van der Waals surface area contributed by atoms with Crippen LogP contribution in [-0.2, 0) is 4.74 Å². The highest BCUT2D eigenvalue weighted by molar-refractivity contribution is 5.55. The quantitative estimate of drug-likeness (QED) is 0.906. The lowest BCUT2D eigenvalue weighted by Crippen LogP contribution is -2.39. The number of halogens is 3. The van der Waals surface area contributed by atoms with Crippen molar-refractivity contribution in [2.75, 3.05) is 36.5 Å². The largest absolute Gasteiger partial charge is 0.391 e. The summed E-state index contributed by atoms with van der Waals surface area (Å²) >= 11 is 0. The Bertz CT molecular complexity index is 490. The Hall–Kier alpha value is -1.43. The summed E-state index contributed by atoms with van der Waals surface area (Å²) < 4.78 is 43.5. The van der Waals surface area contributed by atoms with Gasteiger partial charge in [0.05, 0.1) is 5.92 Å². The van der Waals surface area contributed by atoms with E-state index >= 15 is 0 Å². The van der Waals surface area contributed by atoms with Gasteiger partial charge in [0.25, 0.3) is 0 Å². The zero-order chi connectivity index (χ0) is 16.3. The van der Waals surface area contributed by atoms with Crippen LogP contribution in [0.5, 0.6) is 0 Å². The van der Waals surface area contributed by atoms with Crippen LogP contribution in [0, 0.1) is 5.92 Å². The first kappa shape index (κ1) is 16.4. The summed E-state index contributed by atoms with van der Waals surface area (Å²) in [5.74, 6) is -1.15. The normalized spacial score (nSPS) is 21.4. The van der Waals surface area contributed by atoms with Gasteiger partial charge in [0.2, 0.25) is 0 Å². The highest BCUT2D eigenvalue weighted by Crippen LogP contribution is 2.35. The van der Waals surface area contributed by atoms with Crippen molar-refractivity contribution in [1.29, 1.82) is 0 Å². The first-order valence-electron chi connectivity index (χ1n) is 8.28. The van der Waals surface area contributed by atoms with E-state index < -0.39 is 12.1 Å². The zero-order valence-corrected chi connectivity index (χ0v) is 13.1. The number of hydrogen-bond acceptors (Lipinski definition) is 3. The summed E-state index contributed by atoms with van der Waals surface area (Å²) in [6.45, 7) is 2.53. The second kappa shape index (κ2) is 6.99. The van der Waals surface area contributed by atoms with Gasteiger partial charge in [0, 0.05) is 43.7 Å². The van der Waals surface area contributed by atoms with E-state index in [0.717, 1.165) is 37.4 Å². The van der Waals surface area contributed by atoms with Crippen LogP contribution in [-0.4, -0.2) is 38.5 Å². The van der Waals surface area contributed by atoms with E-state index in [4.69, 9.17) is 4.74 Å². The van der Waals surface area contributed by atoms with Crippen molar-refractivity contribution in [2.24, 2.45) is 5.92 Å². The van der Waals surface area contributed by atoms with Crippen LogP contribution in [0.2, 0.25) is 0 Å². The third kappa shape index (κ3) is 4.31. The summed E-state index contributed by atoms with van der Waals surface area (Å²) in [5, 5.41) is 3.49. The van der Waals surface area contributed by atoms with Gasteiger partial charge in [-0.05, 0) is 49.9 Å². The first-order valence-corrected chi connectivity index (χ1v) is 8.28. The standard InChI is InChI=1S/C17H23F3N2O/c18-17(19,20)13-5-9-22(10-6-13)16-3-1-14(2-4-16)21-15-7-11-23-12-8-15/h1-4,13,15,21H,5-12H2. The van der Waals surface area contributed by atoms with Gasteiger partial charge in [0.15, 0.2) is 0 Å². The molecule has 3 rings (SSSR count). The molecule has 2 aliphatic rings. The molecule has 0 amide bonds. The molecule has 3 nitrogen and oxygen atoms in total. The predicted octanol–water partition coefficient (Wildman–Crippen LogP) is 4.06. The van der Waals surface area contributed by atoms with Crippen LogP contribution >= 0.6 is 0 Å². The van der Waals surface area contributed by atoms with E-state index in [1.54, 1.807) is 0 Å². The molecule has 0 aliphatic carbocycles. The smallest absolute Gasteiger partial charge is 0.382 e. The predicted molar refractivity (Wildman–Crippen MR) is 84.9 cm³/mol. The second-order valence-electron chi connectivity index (χ2n) is 6.38. The number of rotatable bonds is 3. The van der Waals surface area contributed by atoms with Crippen LogP contribution in [0.4, 0.5) is 24.5 Å². The lowest BCUT2D eigenvalue weighted by Gasteiger charge is -2.34. The minimum atomic E-state index is -4.05. The van der Waals surface area contributed by atoms with Crippen molar-refractivity contribution in [1.82, 2.24) is 0 Å². The van der Waals surface area contributed by atoms with E-state index in [2.05, 4.69) is 5.32 Å². The second-order valence-corrected chi connectivity index (χ2v) is 6.38. The molecule has 1 aromatic carbocycles. The minimum absolute atomic E-state index is 0.186. The number of piperidine rings is 1. The Balaban J connectivity index is 1.53. The molecule has 6 heteroatoms. The van der Waals surface area contributed by atoms with E-state index in [1.807, 2.05) is 29.2 Å². The van der Waals surface area contributed by atoms with E-state index in [1.165, 1.54) is 0 Å². The Morgan fingerprint density at radius 1 is 0.957 bits per heavy atom. The molecule has 0 atom stereocenters. The van der Waals surface area contributed by atoms with Crippen LogP contribution < -0.4 is 10.2 Å². The van der Waals surface area contributed by atoms with Gasteiger partial charge < -0.3 is 15.0 Å². The van der Waals surface area contributed by atoms with E-state index in [9.17, 15) is 13.2 Å². The summed E-state index contributed by atoms with van der Waals surface area (Å²) in [6, 6.07) is 8.46. The topological polar surface area (TPSA) is 24.5 Å². The molecule has 128 valence electrons. The number of hydrogen-bond donors (Lipinski definition) is 1. The SMILES string of the molecule is FC(F)(F)C1CCN(c2ccc(NC3CCOCC3)cc2)CC1. The van der Waals surface area contributed by atoms with Crippen molar-refractivity contribution in [2.45, 2.75) is 37.9 Å². The number of benzene rings is 1. The maximum absolute atomic E-state index is 12.7. The van der Waals surface area contributed by atoms with Gasteiger partial charge in [-0.2, -0.15) is 13.2 Å². The molecule has 1 aromatic rings. The van der Waals surface area contributed by atoms with Crippen LogP contribution in [0.3, 0.4) is 0 Å². The monoisotopic (exact) mass is 328 g/mol. The average Bonchev–Trinajstić information content (AvgIpc) is 2.56. The molecule has 2 fully saturated rings. The molecule has 0 saturated carbocycles. The molecule has 0 radical (unpaired) electrons. The van der Waals surface area contributed by atoms with Gasteiger partial charge in [-0.1, -0.05) is 0 Å². The van der Waals surface area contributed by atoms with Gasteiger partial charge in [-0.15, -0.1) is 0 Å². The van der Waals surface area contributed by atoms with Gasteiger partial charge in [-0.3, -0.25) is 0 Å². The third-order valence-electron chi connectivity index (χ3n) is 4.78. The van der Waals surface area contributed by atoms with Crippen molar-refractivity contribution < 1.29 is 17.9 Å². The molecule has 0 bridgehead atoms. The lowest BCUT2D eigenvalue weighted by atomic mass is 9.96. The fourth-order valence-corrected chi connectivity index (χ4v) is 3.31.